The highest BCUT2D eigenvalue weighted by Crippen LogP contribution is 2.34. The van der Waals surface area contributed by atoms with Crippen molar-refractivity contribution in [3.8, 4) is 0 Å². The molecule has 5 heteroatoms. The number of nitrogens with zero attached hydrogens (tertiary/aromatic N) is 2. The van der Waals surface area contributed by atoms with Gasteiger partial charge in [0, 0.05) is 24.3 Å². The molecular weight excluding hydrogens is 298 g/mol. The molecule has 0 bridgehead atoms. The topological polar surface area (TPSA) is 49.6 Å². The van der Waals surface area contributed by atoms with Gasteiger partial charge in [-0.3, -0.25) is 9.69 Å². The average molecular weight is 326 g/mol. The first-order chi connectivity index (χ1) is 10.0. The highest BCUT2D eigenvalue weighted by molar-refractivity contribution is 5.95. The van der Waals surface area contributed by atoms with E-state index in [1.165, 1.54) is 12.8 Å². The SMILES string of the molecule is CC(C)N(C(=O)CN(C)C(CN)C1CC1)c1ccccc1.Cl. The molecule has 1 atom stereocenters. The van der Waals surface area contributed by atoms with Crippen molar-refractivity contribution in [3.05, 3.63) is 30.3 Å². The molecule has 1 aromatic rings. The number of para-hydroxylation sites is 1. The van der Waals surface area contributed by atoms with Crippen LogP contribution in [0.15, 0.2) is 30.3 Å². The number of amides is 1. The maximum atomic E-state index is 12.7. The average Bonchev–Trinajstić information content (AvgIpc) is 3.25. The predicted molar refractivity (Wildman–Crippen MR) is 94.5 cm³/mol. The van der Waals surface area contributed by atoms with Crippen LogP contribution in [-0.4, -0.2) is 43.0 Å². The Balaban J connectivity index is 0.00000242. The summed E-state index contributed by atoms with van der Waals surface area (Å²) in [5.41, 5.74) is 6.83. The molecule has 2 N–H and O–H groups in total. The summed E-state index contributed by atoms with van der Waals surface area (Å²) < 4.78 is 0. The minimum absolute atomic E-state index is 0. The monoisotopic (exact) mass is 325 g/mol. The minimum atomic E-state index is 0. The highest BCUT2D eigenvalue weighted by atomic mass is 35.5. The van der Waals surface area contributed by atoms with Gasteiger partial charge in [-0.05, 0) is 51.8 Å². The number of carbonyl (C=O) groups excluding carboxylic acids is 1. The number of hydrogen-bond acceptors (Lipinski definition) is 3. The molecule has 2 rings (SSSR count). The van der Waals surface area contributed by atoms with Crippen LogP contribution in [0.4, 0.5) is 5.69 Å². The van der Waals surface area contributed by atoms with Crippen molar-refractivity contribution in [2.24, 2.45) is 11.7 Å². The fourth-order valence-corrected chi connectivity index (χ4v) is 2.94. The summed E-state index contributed by atoms with van der Waals surface area (Å²) in [6, 6.07) is 10.3. The number of nitrogens with two attached hydrogens (primary N) is 1. The number of likely N-dealkylation sites (N-methyl/N-ethyl adjacent to an activating group) is 1. The van der Waals surface area contributed by atoms with Crippen molar-refractivity contribution in [2.45, 2.75) is 38.8 Å². The molecule has 1 aromatic carbocycles. The quantitative estimate of drug-likeness (QED) is 0.838. The van der Waals surface area contributed by atoms with Crippen LogP contribution in [-0.2, 0) is 4.79 Å². The Morgan fingerprint density at radius 3 is 2.32 bits per heavy atom. The van der Waals surface area contributed by atoms with Gasteiger partial charge in [-0.1, -0.05) is 18.2 Å². The Kier molecular flexibility index (Phi) is 7.33. The van der Waals surface area contributed by atoms with Crippen molar-refractivity contribution in [3.63, 3.8) is 0 Å². The van der Waals surface area contributed by atoms with Gasteiger partial charge in [0.15, 0.2) is 0 Å². The van der Waals surface area contributed by atoms with Crippen LogP contribution in [0.5, 0.6) is 0 Å². The van der Waals surface area contributed by atoms with Gasteiger partial charge >= 0.3 is 0 Å². The van der Waals surface area contributed by atoms with E-state index in [9.17, 15) is 4.79 Å². The van der Waals surface area contributed by atoms with Crippen molar-refractivity contribution in [2.75, 3.05) is 25.0 Å². The second-order valence-corrected chi connectivity index (χ2v) is 6.25. The maximum absolute atomic E-state index is 12.7. The van der Waals surface area contributed by atoms with E-state index in [-0.39, 0.29) is 24.4 Å². The second-order valence-electron chi connectivity index (χ2n) is 6.25. The zero-order chi connectivity index (χ0) is 15.4. The van der Waals surface area contributed by atoms with Gasteiger partial charge in [0.25, 0.3) is 0 Å². The molecule has 124 valence electrons. The summed E-state index contributed by atoms with van der Waals surface area (Å²) in [5.74, 6) is 0.815. The third-order valence-electron chi connectivity index (χ3n) is 4.18. The summed E-state index contributed by atoms with van der Waals surface area (Å²) in [6.07, 6.45) is 2.49. The fraction of sp³-hybridized carbons (Fsp3) is 0.588. The first-order valence-corrected chi connectivity index (χ1v) is 7.82. The van der Waals surface area contributed by atoms with Crippen LogP contribution >= 0.6 is 12.4 Å². The normalized spacial score (nSPS) is 15.5. The van der Waals surface area contributed by atoms with Crippen LogP contribution < -0.4 is 10.6 Å². The molecule has 0 saturated heterocycles. The third kappa shape index (κ3) is 4.70. The van der Waals surface area contributed by atoms with Gasteiger partial charge in [0.05, 0.1) is 6.54 Å². The van der Waals surface area contributed by atoms with Gasteiger partial charge in [-0.25, -0.2) is 0 Å². The van der Waals surface area contributed by atoms with Gasteiger partial charge in [-0.15, -0.1) is 12.4 Å². The molecule has 1 aliphatic rings. The van der Waals surface area contributed by atoms with Gasteiger partial charge in [0.2, 0.25) is 5.91 Å². The summed E-state index contributed by atoms with van der Waals surface area (Å²) in [4.78, 5) is 16.7. The molecular formula is C17H28ClN3O. The Bertz CT molecular complexity index is 462. The standard InChI is InChI=1S/C17H27N3O.ClH/c1-13(2)20(15-7-5-4-6-8-15)17(21)12-19(3)16(11-18)14-9-10-14;/h4-8,13-14,16H,9-12,18H2,1-3H3;1H. The lowest BCUT2D eigenvalue weighted by Crippen LogP contribution is -2.48. The molecule has 0 aliphatic heterocycles. The fourth-order valence-electron chi connectivity index (χ4n) is 2.94. The lowest BCUT2D eigenvalue weighted by molar-refractivity contribution is -0.120. The molecule has 1 saturated carbocycles. The van der Waals surface area contributed by atoms with Crippen molar-refractivity contribution in [1.82, 2.24) is 4.90 Å². The van der Waals surface area contributed by atoms with Crippen molar-refractivity contribution >= 4 is 24.0 Å². The van der Waals surface area contributed by atoms with Crippen molar-refractivity contribution < 1.29 is 4.79 Å². The molecule has 1 fully saturated rings. The molecule has 1 unspecified atom stereocenters. The smallest absolute Gasteiger partial charge is 0.241 e. The van der Waals surface area contributed by atoms with E-state index in [1.807, 2.05) is 56.1 Å². The van der Waals surface area contributed by atoms with E-state index in [0.717, 1.165) is 5.69 Å². The first-order valence-electron chi connectivity index (χ1n) is 7.82. The minimum Gasteiger partial charge on any atom is -0.329 e. The number of carbonyl (C=O) groups is 1. The van der Waals surface area contributed by atoms with Gasteiger partial charge in [-0.2, -0.15) is 0 Å². The lowest BCUT2D eigenvalue weighted by atomic mass is 10.1. The molecule has 0 spiro atoms. The van der Waals surface area contributed by atoms with Crippen LogP contribution in [0.1, 0.15) is 26.7 Å². The number of anilines is 1. The summed E-state index contributed by atoms with van der Waals surface area (Å²) >= 11 is 0. The molecule has 22 heavy (non-hydrogen) atoms. The summed E-state index contributed by atoms with van der Waals surface area (Å²) in [6.45, 7) is 5.14. The number of rotatable bonds is 7. The maximum Gasteiger partial charge on any atom is 0.241 e. The van der Waals surface area contributed by atoms with Crippen LogP contribution in [0.25, 0.3) is 0 Å². The van der Waals surface area contributed by atoms with E-state index in [1.54, 1.807) is 0 Å². The predicted octanol–water partition coefficient (Wildman–Crippen LogP) is 2.52. The zero-order valence-electron chi connectivity index (χ0n) is 13.7. The molecule has 0 heterocycles. The Morgan fingerprint density at radius 2 is 1.86 bits per heavy atom. The van der Waals surface area contributed by atoms with Crippen LogP contribution in [0.2, 0.25) is 0 Å². The van der Waals surface area contributed by atoms with Crippen molar-refractivity contribution in [1.29, 1.82) is 0 Å². The zero-order valence-corrected chi connectivity index (χ0v) is 14.6. The number of benzene rings is 1. The number of hydrogen-bond donors (Lipinski definition) is 1. The van der Waals surface area contributed by atoms with E-state index in [0.29, 0.717) is 25.0 Å². The Hall–Kier alpha value is -1.10. The summed E-state index contributed by atoms with van der Waals surface area (Å²) in [5, 5.41) is 0. The molecule has 1 aliphatic carbocycles. The Labute approximate surface area is 140 Å². The van der Waals surface area contributed by atoms with Gasteiger partial charge < -0.3 is 10.6 Å². The Morgan fingerprint density at radius 1 is 1.27 bits per heavy atom. The molecule has 0 radical (unpaired) electrons. The molecule has 1 amide bonds. The highest BCUT2D eigenvalue weighted by Gasteiger charge is 2.34. The molecule has 4 nitrogen and oxygen atoms in total. The third-order valence-corrected chi connectivity index (χ3v) is 4.18. The first kappa shape index (κ1) is 18.9. The van der Waals surface area contributed by atoms with E-state index >= 15 is 0 Å². The van der Waals surface area contributed by atoms with Crippen LogP contribution in [0, 0.1) is 5.92 Å². The summed E-state index contributed by atoms with van der Waals surface area (Å²) in [7, 11) is 2.01. The number of halogens is 1. The second kappa shape index (κ2) is 8.51. The van der Waals surface area contributed by atoms with E-state index in [4.69, 9.17) is 5.73 Å². The largest absolute Gasteiger partial charge is 0.329 e. The van der Waals surface area contributed by atoms with E-state index in [2.05, 4.69) is 4.90 Å². The lowest BCUT2D eigenvalue weighted by Gasteiger charge is -2.32. The van der Waals surface area contributed by atoms with Crippen LogP contribution in [0.3, 0.4) is 0 Å². The van der Waals surface area contributed by atoms with Gasteiger partial charge in [0.1, 0.15) is 0 Å². The molecule has 0 aromatic heterocycles. The van der Waals surface area contributed by atoms with E-state index < -0.39 is 0 Å².